The van der Waals surface area contributed by atoms with Gasteiger partial charge in [0.05, 0.1) is 22.3 Å². The maximum absolute atomic E-state index is 13.7. The van der Waals surface area contributed by atoms with Crippen molar-refractivity contribution in [1.82, 2.24) is 33.7 Å². The van der Waals surface area contributed by atoms with Gasteiger partial charge < -0.3 is 19.5 Å². The Morgan fingerprint density at radius 2 is 1.70 bits per heavy atom. The van der Waals surface area contributed by atoms with Gasteiger partial charge in [0.1, 0.15) is 6.33 Å². The summed E-state index contributed by atoms with van der Waals surface area (Å²) in [6, 6.07) is 19.2. The van der Waals surface area contributed by atoms with Crippen molar-refractivity contribution in [3.05, 3.63) is 113 Å². The smallest absolute Gasteiger partial charge is 0.265 e. The molecule has 0 spiro atoms. The third-order valence-electron chi connectivity index (χ3n) is 9.03. The summed E-state index contributed by atoms with van der Waals surface area (Å²) in [5, 5.41) is 3.99. The Labute approximate surface area is 273 Å². The molecular formula is C37H38N8O2. The highest BCUT2D eigenvalue weighted by atomic mass is 16.2. The molecule has 47 heavy (non-hydrogen) atoms. The summed E-state index contributed by atoms with van der Waals surface area (Å²) < 4.78 is 3.54. The minimum absolute atomic E-state index is 0.0419. The fourth-order valence-corrected chi connectivity index (χ4v) is 6.09. The number of nitrogens with one attached hydrogen (secondary N) is 1. The number of likely N-dealkylation sites (N-methyl/N-ethyl adjacent to an activating group) is 1. The predicted octanol–water partition coefficient (Wildman–Crippen LogP) is 5.83. The Morgan fingerprint density at radius 1 is 0.936 bits per heavy atom. The number of aromatic nitrogens is 5. The third-order valence-corrected chi connectivity index (χ3v) is 9.03. The molecule has 10 heteroatoms. The van der Waals surface area contributed by atoms with Crippen molar-refractivity contribution >= 4 is 34.0 Å². The second-order valence-electron chi connectivity index (χ2n) is 13.3. The summed E-state index contributed by atoms with van der Waals surface area (Å²) in [6.45, 7) is 11.7. The van der Waals surface area contributed by atoms with Crippen LogP contribution in [0.5, 0.6) is 0 Å². The van der Waals surface area contributed by atoms with E-state index in [0.29, 0.717) is 27.9 Å². The highest BCUT2D eigenvalue weighted by molar-refractivity contribution is 5.94. The van der Waals surface area contributed by atoms with E-state index in [9.17, 15) is 9.59 Å². The van der Waals surface area contributed by atoms with Gasteiger partial charge in [0.25, 0.3) is 11.5 Å². The summed E-state index contributed by atoms with van der Waals surface area (Å²) >= 11 is 0. The van der Waals surface area contributed by atoms with Gasteiger partial charge in [-0.1, -0.05) is 39.0 Å². The fourth-order valence-electron chi connectivity index (χ4n) is 6.09. The van der Waals surface area contributed by atoms with Crippen LogP contribution in [0.2, 0.25) is 0 Å². The second kappa shape index (κ2) is 11.8. The van der Waals surface area contributed by atoms with Gasteiger partial charge in [-0.25, -0.2) is 15.0 Å². The lowest BCUT2D eigenvalue weighted by atomic mass is 9.86. The molecule has 1 amide bonds. The maximum Gasteiger partial charge on any atom is 0.265 e. The molecule has 7 rings (SSSR count). The highest BCUT2D eigenvalue weighted by Gasteiger charge is 2.21. The standard InChI is InChI=1S/C37H38N8O2/c1-24-28(7-6-8-32(24)45-23-39-30-21-26(37(2,3)4)11-14-29(30)36(45)47)31-22-44-16-15-38-34(44)33(41-31)40-27-12-9-25(10-13-27)35(46)43-19-17-42(5)18-20-43/h6-16,21-23H,17-20H2,1-5H3,(H,40,41). The molecule has 1 saturated heterocycles. The number of imidazole rings is 1. The Kier molecular flexibility index (Phi) is 7.60. The molecule has 3 aromatic carbocycles. The van der Waals surface area contributed by atoms with Crippen LogP contribution in [0.3, 0.4) is 0 Å². The number of piperazine rings is 1. The van der Waals surface area contributed by atoms with E-state index in [1.807, 2.05) is 89.3 Å². The van der Waals surface area contributed by atoms with E-state index in [-0.39, 0.29) is 16.9 Å². The van der Waals surface area contributed by atoms with Crippen molar-refractivity contribution in [3.8, 4) is 16.9 Å². The highest BCUT2D eigenvalue weighted by Crippen LogP contribution is 2.30. The Hall–Kier alpha value is -5.35. The number of rotatable bonds is 5. The maximum atomic E-state index is 13.7. The number of fused-ring (bicyclic) bond motifs is 2. The molecule has 0 aliphatic carbocycles. The lowest BCUT2D eigenvalue weighted by Gasteiger charge is -2.32. The van der Waals surface area contributed by atoms with E-state index >= 15 is 0 Å². The minimum atomic E-state index is -0.120. The van der Waals surface area contributed by atoms with Gasteiger partial charge >= 0.3 is 0 Å². The van der Waals surface area contributed by atoms with Crippen LogP contribution in [0.15, 0.2) is 90.4 Å². The first kappa shape index (κ1) is 30.3. The zero-order chi connectivity index (χ0) is 32.9. The second-order valence-corrected chi connectivity index (χ2v) is 13.3. The fraction of sp³-hybridized carbons (Fsp3) is 0.270. The van der Waals surface area contributed by atoms with E-state index in [1.54, 1.807) is 17.1 Å². The molecule has 3 aromatic heterocycles. The Morgan fingerprint density at radius 3 is 2.45 bits per heavy atom. The molecule has 0 bridgehead atoms. The lowest BCUT2D eigenvalue weighted by molar-refractivity contribution is 0.0664. The van der Waals surface area contributed by atoms with Crippen molar-refractivity contribution in [2.24, 2.45) is 0 Å². The number of benzene rings is 3. The van der Waals surface area contributed by atoms with Crippen LogP contribution >= 0.6 is 0 Å². The number of hydrogen-bond acceptors (Lipinski definition) is 7. The first-order valence-electron chi connectivity index (χ1n) is 15.9. The predicted molar refractivity (Wildman–Crippen MR) is 186 cm³/mol. The van der Waals surface area contributed by atoms with Crippen LogP contribution < -0.4 is 10.9 Å². The summed E-state index contributed by atoms with van der Waals surface area (Å²) in [5.74, 6) is 0.626. The summed E-state index contributed by atoms with van der Waals surface area (Å²) in [7, 11) is 2.08. The molecule has 4 heterocycles. The summed E-state index contributed by atoms with van der Waals surface area (Å²) in [4.78, 5) is 45.1. The van der Waals surface area contributed by atoms with Crippen LogP contribution in [0.4, 0.5) is 11.5 Å². The first-order valence-corrected chi connectivity index (χ1v) is 15.9. The van der Waals surface area contributed by atoms with Crippen molar-refractivity contribution in [2.75, 3.05) is 38.5 Å². The first-order chi connectivity index (χ1) is 22.6. The van der Waals surface area contributed by atoms with Gasteiger partial charge in [0, 0.05) is 61.6 Å². The Balaban J connectivity index is 1.21. The van der Waals surface area contributed by atoms with Crippen molar-refractivity contribution < 1.29 is 4.79 Å². The number of anilines is 2. The quantitative estimate of drug-likeness (QED) is 0.257. The van der Waals surface area contributed by atoms with Gasteiger partial charge in [-0.05, 0) is 73.0 Å². The SMILES string of the molecule is Cc1c(-c2cn3ccnc3c(Nc3ccc(C(=O)N4CCN(C)CC4)cc3)n2)cccc1-n1cnc2cc(C(C)(C)C)ccc2c1=O. The number of carbonyl (C=O) groups is 1. The van der Waals surface area contributed by atoms with Crippen molar-refractivity contribution in [3.63, 3.8) is 0 Å². The van der Waals surface area contributed by atoms with Gasteiger partial charge in [-0.15, -0.1) is 0 Å². The van der Waals surface area contributed by atoms with Crippen LogP contribution in [0.25, 0.3) is 33.5 Å². The molecule has 1 N–H and O–H groups in total. The summed E-state index contributed by atoms with van der Waals surface area (Å²) in [6.07, 6.45) is 7.17. The van der Waals surface area contributed by atoms with Crippen LogP contribution in [0, 0.1) is 6.92 Å². The zero-order valence-electron chi connectivity index (χ0n) is 27.4. The average molecular weight is 627 g/mol. The number of carbonyl (C=O) groups excluding carboxylic acids is 1. The molecule has 0 saturated carbocycles. The van der Waals surface area contributed by atoms with E-state index in [1.165, 1.54) is 0 Å². The molecule has 0 unspecified atom stereocenters. The molecule has 1 aliphatic heterocycles. The molecule has 0 radical (unpaired) electrons. The zero-order valence-corrected chi connectivity index (χ0v) is 27.4. The third kappa shape index (κ3) is 5.76. The average Bonchev–Trinajstić information content (AvgIpc) is 3.54. The van der Waals surface area contributed by atoms with E-state index < -0.39 is 0 Å². The monoisotopic (exact) mass is 626 g/mol. The van der Waals surface area contributed by atoms with Gasteiger partial charge in [-0.3, -0.25) is 14.2 Å². The topological polar surface area (TPSA) is 101 Å². The lowest BCUT2D eigenvalue weighted by Crippen LogP contribution is -2.47. The number of amides is 1. The van der Waals surface area contributed by atoms with Crippen LogP contribution in [-0.2, 0) is 5.41 Å². The van der Waals surface area contributed by atoms with Gasteiger partial charge in [0.15, 0.2) is 11.5 Å². The molecule has 0 atom stereocenters. The molecule has 1 aliphatic rings. The van der Waals surface area contributed by atoms with E-state index in [2.05, 4.69) is 48.0 Å². The van der Waals surface area contributed by atoms with Crippen molar-refractivity contribution in [2.45, 2.75) is 33.1 Å². The van der Waals surface area contributed by atoms with E-state index in [0.717, 1.165) is 59.9 Å². The molecular weight excluding hydrogens is 588 g/mol. The molecule has 10 nitrogen and oxygen atoms in total. The Bertz CT molecular complexity index is 2190. The van der Waals surface area contributed by atoms with Gasteiger partial charge in [-0.2, -0.15) is 0 Å². The summed E-state index contributed by atoms with van der Waals surface area (Å²) in [5.41, 5.74) is 7.02. The van der Waals surface area contributed by atoms with Crippen LogP contribution in [0.1, 0.15) is 42.3 Å². The normalized spacial score (nSPS) is 14.2. The molecule has 238 valence electrons. The number of hydrogen-bond donors (Lipinski definition) is 1. The molecule has 1 fully saturated rings. The van der Waals surface area contributed by atoms with Crippen molar-refractivity contribution in [1.29, 1.82) is 0 Å². The molecule has 6 aromatic rings. The number of nitrogens with zero attached hydrogens (tertiary/aromatic N) is 7. The van der Waals surface area contributed by atoms with Gasteiger partial charge in [0.2, 0.25) is 0 Å². The largest absolute Gasteiger partial charge is 0.337 e. The minimum Gasteiger partial charge on any atom is -0.337 e. The van der Waals surface area contributed by atoms with Crippen LogP contribution in [-0.4, -0.2) is 72.9 Å². The van der Waals surface area contributed by atoms with E-state index in [4.69, 9.17) is 4.98 Å².